The Balaban J connectivity index is 2.10. The van der Waals surface area contributed by atoms with Crippen LogP contribution in [-0.4, -0.2) is 23.6 Å². The Morgan fingerprint density at radius 3 is 2.85 bits per heavy atom. The minimum absolute atomic E-state index is 0.191. The van der Waals surface area contributed by atoms with Crippen LogP contribution in [0.4, 0.5) is 0 Å². The molecule has 4 nitrogen and oxygen atoms in total. The maximum Gasteiger partial charge on any atom is 0.323 e. The Kier molecular flexibility index (Phi) is 5.07. The SMILES string of the molecule is CCOC(=O)C(CC)NCc1cccc2cccnc12. The summed E-state index contributed by atoms with van der Waals surface area (Å²) in [6, 6.07) is 9.76. The molecule has 0 aliphatic rings. The Labute approximate surface area is 119 Å². The molecule has 0 radical (unpaired) electrons. The Hall–Kier alpha value is -1.94. The largest absolute Gasteiger partial charge is 0.465 e. The number of nitrogens with zero attached hydrogens (tertiary/aromatic N) is 1. The zero-order chi connectivity index (χ0) is 14.4. The summed E-state index contributed by atoms with van der Waals surface area (Å²) >= 11 is 0. The van der Waals surface area contributed by atoms with Gasteiger partial charge in [-0.2, -0.15) is 0 Å². The molecule has 1 unspecified atom stereocenters. The maximum atomic E-state index is 11.8. The second kappa shape index (κ2) is 7.01. The summed E-state index contributed by atoms with van der Waals surface area (Å²) in [5.41, 5.74) is 2.06. The number of carbonyl (C=O) groups excluding carboxylic acids is 1. The van der Waals surface area contributed by atoms with Gasteiger partial charge in [-0.25, -0.2) is 0 Å². The molecule has 1 aromatic carbocycles. The highest BCUT2D eigenvalue weighted by molar-refractivity contribution is 5.81. The van der Waals surface area contributed by atoms with E-state index in [-0.39, 0.29) is 12.0 Å². The van der Waals surface area contributed by atoms with Gasteiger partial charge in [0.2, 0.25) is 0 Å². The van der Waals surface area contributed by atoms with Gasteiger partial charge >= 0.3 is 5.97 Å². The van der Waals surface area contributed by atoms with E-state index in [4.69, 9.17) is 4.74 Å². The van der Waals surface area contributed by atoms with Crippen LogP contribution in [0.5, 0.6) is 0 Å². The van der Waals surface area contributed by atoms with Gasteiger partial charge in [0.25, 0.3) is 0 Å². The third-order valence-electron chi connectivity index (χ3n) is 3.23. The summed E-state index contributed by atoms with van der Waals surface area (Å²) < 4.78 is 5.05. The van der Waals surface area contributed by atoms with Gasteiger partial charge in [0, 0.05) is 18.1 Å². The summed E-state index contributed by atoms with van der Waals surface area (Å²) in [6.07, 6.45) is 2.49. The number of para-hydroxylation sites is 1. The fourth-order valence-electron chi connectivity index (χ4n) is 2.18. The number of benzene rings is 1. The highest BCUT2D eigenvalue weighted by atomic mass is 16.5. The predicted molar refractivity (Wildman–Crippen MR) is 79.3 cm³/mol. The van der Waals surface area contributed by atoms with Crippen molar-refractivity contribution >= 4 is 16.9 Å². The summed E-state index contributed by atoms with van der Waals surface area (Å²) in [4.78, 5) is 16.2. The fraction of sp³-hybridized carbons (Fsp3) is 0.375. The van der Waals surface area contributed by atoms with Crippen molar-refractivity contribution < 1.29 is 9.53 Å². The number of aromatic nitrogens is 1. The van der Waals surface area contributed by atoms with Gasteiger partial charge in [0.15, 0.2) is 0 Å². The normalized spacial score (nSPS) is 12.3. The molecule has 20 heavy (non-hydrogen) atoms. The van der Waals surface area contributed by atoms with Crippen LogP contribution >= 0.6 is 0 Å². The van der Waals surface area contributed by atoms with Crippen molar-refractivity contribution in [1.82, 2.24) is 10.3 Å². The molecule has 4 heteroatoms. The Bertz CT molecular complexity index is 578. The van der Waals surface area contributed by atoms with Crippen molar-refractivity contribution in [3.8, 4) is 0 Å². The van der Waals surface area contributed by atoms with Crippen molar-refractivity contribution in [3.63, 3.8) is 0 Å². The van der Waals surface area contributed by atoms with E-state index in [2.05, 4.69) is 10.3 Å². The number of hydrogen-bond donors (Lipinski definition) is 1. The Morgan fingerprint density at radius 2 is 2.10 bits per heavy atom. The Morgan fingerprint density at radius 1 is 1.30 bits per heavy atom. The predicted octanol–water partition coefficient (Wildman–Crippen LogP) is 2.67. The topological polar surface area (TPSA) is 51.2 Å². The van der Waals surface area contributed by atoms with E-state index in [0.717, 1.165) is 16.5 Å². The highest BCUT2D eigenvalue weighted by Gasteiger charge is 2.17. The first-order valence-electron chi connectivity index (χ1n) is 6.99. The molecule has 1 atom stereocenters. The molecule has 2 rings (SSSR count). The summed E-state index contributed by atoms with van der Waals surface area (Å²) in [5, 5.41) is 4.36. The van der Waals surface area contributed by atoms with Crippen molar-refractivity contribution in [2.24, 2.45) is 0 Å². The van der Waals surface area contributed by atoms with E-state index in [9.17, 15) is 4.79 Å². The van der Waals surface area contributed by atoms with Gasteiger partial charge in [0.1, 0.15) is 6.04 Å². The van der Waals surface area contributed by atoms with Gasteiger partial charge in [0.05, 0.1) is 12.1 Å². The van der Waals surface area contributed by atoms with Crippen LogP contribution in [0.3, 0.4) is 0 Å². The molecule has 106 valence electrons. The van der Waals surface area contributed by atoms with Crippen molar-refractivity contribution in [1.29, 1.82) is 0 Å². The van der Waals surface area contributed by atoms with Crippen LogP contribution in [-0.2, 0) is 16.1 Å². The molecular weight excluding hydrogens is 252 g/mol. The van der Waals surface area contributed by atoms with Crippen molar-refractivity contribution in [3.05, 3.63) is 42.1 Å². The summed E-state index contributed by atoms with van der Waals surface area (Å²) in [5.74, 6) is -0.191. The maximum absolute atomic E-state index is 11.8. The summed E-state index contributed by atoms with van der Waals surface area (Å²) in [7, 11) is 0. The second-order valence-corrected chi connectivity index (χ2v) is 4.59. The molecular formula is C16H20N2O2. The standard InChI is InChI=1S/C16H20N2O2/c1-3-14(16(19)20-4-2)18-11-13-8-5-7-12-9-6-10-17-15(12)13/h5-10,14,18H,3-4,11H2,1-2H3. The van der Waals surface area contributed by atoms with E-state index in [1.165, 1.54) is 0 Å². The molecule has 0 saturated heterocycles. The lowest BCUT2D eigenvalue weighted by molar-refractivity contribution is -0.145. The lowest BCUT2D eigenvalue weighted by Crippen LogP contribution is -2.37. The van der Waals surface area contributed by atoms with Gasteiger partial charge in [-0.05, 0) is 25.0 Å². The molecule has 0 bridgehead atoms. The number of nitrogens with one attached hydrogen (secondary N) is 1. The zero-order valence-electron chi connectivity index (χ0n) is 11.9. The van der Waals surface area contributed by atoms with Crippen LogP contribution in [0, 0.1) is 0 Å². The lowest BCUT2D eigenvalue weighted by Gasteiger charge is -2.16. The van der Waals surface area contributed by atoms with Gasteiger partial charge in [-0.1, -0.05) is 31.2 Å². The van der Waals surface area contributed by atoms with Crippen LogP contribution < -0.4 is 5.32 Å². The second-order valence-electron chi connectivity index (χ2n) is 4.59. The molecule has 0 fully saturated rings. The van der Waals surface area contributed by atoms with Gasteiger partial charge in [-0.15, -0.1) is 0 Å². The van der Waals surface area contributed by atoms with Crippen LogP contribution in [0.2, 0.25) is 0 Å². The molecule has 1 heterocycles. The van der Waals surface area contributed by atoms with Crippen LogP contribution in [0.25, 0.3) is 10.9 Å². The molecule has 0 aliphatic carbocycles. The first-order valence-corrected chi connectivity index (χ1v) is 6.99. The van der Waals surface area contributed by atoms with Crippen molar-refractivity contribution in [2.75, 3.05) is 6.61 Å². The lowest BCUT2D eigenvalue weighted by atomic mass is 10.1. The smallest absolute Gasteiger partial charge is 0.323 e. The van der Waals surface area contributed by atoms with Crippen molar-refractivity contribution in [2.45, 2.75) is 32.9 Å². The van der Waals surface area contributed by atoms with E-state index in [0.29, 0.717) is 19.6 Å². The van der Waals surface area contributed by atoms with Crippen LogP contribution in [0.1, 0.15) is 25.8 Å². The number of carbonyl (C=O) groups is 1. The van der Waals surface area contributed by atoms with Crippen LogP contribution in [0.15, 0.2) is 36.5 Å². The number of hydrogen-bond acceptors (Lipinski definition) is 4. The van der Waals surface area contributed by atoms with E-state index in [1.807, 2.05) is 44.2 Å². The quantitative estimate of drug-likeness (QED) is 0.821. The molecule has 1 N–H and O–H groups in total. The van der Waals surface area contributed by atoms with Gasteiger partial charge in [-0.3, -0.25) is 9.78 Å². The van der Waals surface area contributed by atoms with Gasteiger partial charge < -0.3 is 10.1 Å². The number of rotatable bonds is 6. The van der Waals surface area contributed by atoms with E-state index in [1.54, 1.807) is 6.20 Å². The average Bonchev–Trinajstić information content (AvgIpc) is 2.48. The number of pyridine rings is 1. The third kappa shape index (κ3) is 3.33. The van der Waals surface area contributed by atoms with E-state index >= 15 is 0 Å². The first kappa shape index (κ1) is 14.5. The summed E-state index contributed by atoms with van der Waals surface area (Å²) in [6.45, 7) is 4.80. The third-order valence-corrected chi connectivity index (χ3v) is 3.23. The highest BCUT2D eigenvalue weighted by Crippen LogP contribution is 2.15. The molecule has 0 aliphatic heterocycles. The van der Waals surface area contributed by atoms with E-state index < -0.39 is 0 Å². The number of fused-ring (bicyclic) bond motifs is 1. The molecule has 2 aromatic rings. The number of ether oxygens (including phenoxy) is 1. The molecule has 1 aromatic heterocycles. The first-order chi connectivity index (χ1) is 9.76. The monoisotopic (exact) mass is 272 g/mol. The zero-order valence-corrected chi connectivity index (χ0v) is 11.9. The molecule has 0 saturated carbocycles. The number of esters is 1. The average molecular weight is 272 g/mol. The molecule has 0 amide bonds. The fourth-order valence-corrected chi connectivity index (χ4v) is 2.18. The molecule has 0 spiro atoms. The minimum atomic E-state index is -0.270. The minimum Gasteiger partial charge on any atom is -0.465 e.